The van der Waals surface area contributed by atoms with Crippen molar-refractivity contribution in [3.8, 4) is 6.01 Å². The smallest absolute Gasteiger partial charge is 0.296 e. The molecule has 3 heteroatoms. The molecule has 0 aromatic carbocycles. The quantitative estimate of drug-likeness (QED) is 0.506. The summed E-state index contributed by atoms with van der Waals surface area (Å²) in [7, 11) is 1.72. The first-order valence-electron chi connectivity index (χ1n) is 8.67. The lowest BCUT2D eigenvalue weighted by Gasteiger charge is -2.33. The first-order chi connectivity index (χ1) is 10.1. The van der Waals surface area contributed by atoms with Crippen LogP contribution in [0.4, 0.5) is 0 Å². The van der Waals surface area contributed by atoms with Gasteiger partial charge in [-0.05, 0) is 26.7 Å². The summed E-state index contributed by atoms with van der Waals surface area (Å²) in [5.74, 6) is 0. The Morgan fingerprint density at radius 2 is 1.67 bits per heavy atom. The molecule has 0 fully saturated rings. The molecule has 0 spiro atoms. The second-order valence-electron chi connectivity index (χ2n) is 6.49. The molecule has 0 aliphatic carbocycles. The summed E-state index contributed by atoms with van der Waals surface area (Å²) in [6.07, 6.45) is 13.5. The molecule has 0 N–H and O–H groups in total. The Balaban J connectivity index is 2.79. The van der Waals surface area contributed by atoms with E-state index < -0.39 is 0 Å². The number of nitrogens with zero attached hydrogens (tertiary/aromatic N) is 2. The van der Waals surface area contributed by atoms with Crippen molar-refractivity contribution in [2.75, 3.05) is 7.11 Å². The number of ether oxygens (including phenoxy) is 1. The first kappa shape index (κ1) is 18.1. The zero-order valence-electron chi connectivity index (χ0n) is 14.7. The van der Waals surface area contributed by atoms with Gasteiger partial charge in [-0.1, -0.05) is 58.8 Å². The van der Waals surface area contributed by atoms with Crippen LogP contribution < -0.4 is 4.74 Å². The van der Waals surface area contributed by atoms with E-state index in [1.165, 1.54) is 63.5 Å². The van der Waals surface area contributed by atoms with Crippen molar-refractivity contribution in [2.45, 2.75) is 91.0 Å². The van der Waals surface area contributed by atoms with E-state index in [1.807, 2.05) is 6.20 Å². The third-order valence-electron chi connectivity index (χ3n) is 4.52. The zero-order chi connectivity index (χ0) is 15.7. The Morgan fingerprint density at radius 3 is 2.29 bits per heavy atom. The standard InChI is InChI=1S/C18H34N2O/c1-6-8-10-11-12-14-18(4,13-9-7-2)20-16(3)15-19-17(20)21-5/h15H,6-14H2,1-5H3. The lowest BCUT2D eigenvalue weighted by Crippen LogP contribution is -2.31. The van der Waals surface area contributed by atoms with Gasteiger partial charge in [-0.2, -0.15) is 0 Å². The predicted octanol–water partition coefficient (Wildman–Crippen LogP) is 5.47. The Labute approximate surface area is 131 Å². The number of methoxy groups -OCH3 is 1. The van der Waals surface area contributed by atoms with Gasteiger partial charge in [0.15, 0.2) is 0 Å². The average Bonchev–Trinajstić information content (AvgIpc) is 2.86. The Morgan fingerprint density at radius 1 is 1.05 bits per heavy atom. The van der Waals surface area contributed by atoms with E-state index in [0.29, 0.717) is 0 Å². The minimum Gasteiger partial charge on any atom is -0.468 e. The molecule has 0 saturated heterocycles. The molecule has 0 aliphatic heterocycles. The van der Waals surface area contributed by atoms with Gasteiger partial charge in [0.1, 0.15) is 0 Å². The summed E-state index contributed by atoms with van der Waals surface area (Å²) in [6, 6.07) is 0.764. The van der Waals surface area contributed by atoms with Crippen molar-refractivity contribution in [1.82, 2.24) is 9.55 Å². The van der Waals surface area contributed by atoms with Crippen LogP contribution in [0, 0.1) is 6.92 Å². The van der Waals surface area contributed by atoms with E-state index in [9.17, 15) is 0 Å². The summed E-state index contributed by atoms with van der Waals surface area (Å²) < 4.78 is 7.81. The van der Waals surface area contributed by atoms with Crippen LogP contribution in [-0.4, -0.2) is 16.7 Å². The lowest BCUT2D eigenvalue weighted by molar-refractivity contribution is 0.216. The topological polar surface area (TPSA) is 27.1 Å². The average molecular weight is 294 g/mol. The highest BCUT2D eigenvalue weighted by atomic mass is 16.5. The monoisotopic (exact) mass is 294 g/mol. The number of aryl methyl sites for hydroxylation is 1. The normalized spacial score (nSPS) is 14.1. The fraction of sp³-hybridized carbons (Fsp3) is 0.833. The summed E-state index contributed by atoms with van der Waals surface area (Å²) in [5.41, 5.74) is 1.34. The van der Waals surface area contributed by atoms with Gasteiger partial charge in [0.25, 0.3) is 6.01 Å². The number of imidazole rings is 1. The molecule has 0 saturated carbocycles. The van der Waals surface area contributed by atoms with Gasteiger partial charge < -0.3 is 4.74 Å². The summed E-state index contributed by atoms with van der Waals surface area (Å²) in [5, 5.41) is 0. The highest BCUT2D eigenvalue weighted by molar-refractivity contribution is 5.12. The molecule has 1 heterocycles. The molecule has 1 aromatic rings. The lowest BCUT2D eigenvalue weighted by atomic mass is 9.88. The Bertz CT molecular complexity index is 400. The Hall–Kier alpha value is -0.990. The molecule has 0 aliphatic rings. The highest BCUT2D eigenvalue weighted by Gasteiger charge is 2.29. The second kappa shape index (κ2) is 9.11. The van der Waals surface area contributed by atoms with Gasteiger partial charge in [-0.25, -0.2) is 4.98 Å². The molecule has 1 aromatic heterocycles. The fourth-order valence-corrected chi connectivity index (χ4v) is 3.23. The molecule has 21 heavy (non-hydrogen) atoms. The summed E-state index contributed by atoms with van der Waals surface area (Å²) in [4.78, 5) is 4.41. The van der Waals surface area contributed by atoms with Gasteiger partial charge in [-0.3, -0.25) is 4.57 Å². The predicted molar refractivity (Wildman–Crippen MR) is 90.1 cm³/mol. The SMILES string of the molecule is CCCCCCCC(C)(CCCC)n1c(C)cnc1OC. The highest BCUT2D eigenvalue weighted by Crippen LogP contribution is 2.34. The van der Waals surface area contributed by atoms with E-state index in [-0.39, 0.29) is 5.54 Å². The fourth-order valence-electron chi connectivity index (χ4n) is 3.23. The maximum atomic E-state index is 5.49. The van der Waals surface area contributed by atoms with Crippen molar-refractivity contribution >= 4 is 0 Å². The summed E-state index contributed by atoms with van der Waals surface area (Å²) >= 11 is 0. The van der Waals surface area contributed by atoms with E-state index in [1.54, 1.807) is 7.11 Å². The van der Waals surface area contributed by atoms with Crippen LogP contribution in [0.3, 0.4) is 0 Å². The number of rotatable bonds is 11. The van der Waals surface area contributed by atoms with Crippen LogP contribution in [0.15, 0.2) is 6.20 Å². The molecule has 0 radical (unpaired) electrons. The van der Waals surface area contributed by atoms with Gasteiger partial charge in [-0.15, -0.1) is 0 Å². The largest absolute Gasteiger partial charge is 0.468 e. The third-order valence-corrected chi connectivity index (χ3v) is 4.52. The van der Waals surface area contributed by atoms with E-state index in [0.717, 1.165) is 6.01 Å². The molecule has 1 rings (SSSR count). The van der Waals surface area contributed by atoms with E-state index in [4.69, 9.17) is 4.74 Å². The summed E-state index contributed by atoms with van der Waals surface area (Å²) in [6.45, 7) is 9.04. The molecule has 0 amide bonds. The van der Waals surface area contributed by atoms with Crippen molar-refractivity contribution in [1.29, 1.82) is 0 Å². The molecule has 122 valence electrons. The number of unbranched alkanes of at least 4 members (excludes halogenated alkanes) is 5. The van der Waals surface area contributed by atoms with Crippen LogP contribution in [0.1, 0.15) is 84.3 Å². The number of hydrogen-bond acceptors (Lipinski definition) is 2. The van der Waals surface area contributed by atoms with Gasteiger partial charge >= 0.3 is 0 Å². The van der Waals surface area contributed by atoms with E-state index >= 15 is 0 Å². The first-order valence-corrected chi connectivity index (χ1v) is 8.67. The molecular weight excluding hydrogens is 260 g/mol. The maximum Gasteiger partial charge on any atom is 0.296 e. The molecule has 3 nitrogen and oxygen atoms in total. The minimum atomic E-state index is 0.133. The molecular formula is C18H34N2O. The molecule has 1 atom stereocenters. The van der Waals surface area contributed by atoms with Crippen LogP contribution >= 0.6 is 0 Å². The van der Waals surface area contributed by atoms with Gasteiger partial charge in [0, 0.05) is 11.2 Å². The number of hydrogen-bond donors (Lipinski definition) is 0. The molecule has 0 bridgehead atoms. The second-order valence-corrected chi connectivity index (χ2v) is 6.49. The zero-order valence-corrected chi connectivity index (χ0v) is 14.7. The van der Waals surface area contributed by atoms with Gasteiger partial charge in [0.05, 0.1) is 13.3 Å². The van der Waals surface area contributed by atoms with Crippen LogP contribution in [-0.2, 0) is 5.54 Å². The molecule has 1 unspecified atom stereocenters. The number of aromatic nitrogens is 2. The van der Waals surface area contributed by atoms with Gasteiger partial charge in [0.2, 0.25) is 0 Å². The Kier molecular flexibility index (Phi) is 7.84. The van der Waals surface area contributed by atoms with Crippen LogP contribution in [0.5, 0.6) is 6.01 Å². The van der Waals surface area contributed by atoms with Crippen LogP contribution in [0.2, 0.25) is 0 Å². The van der Waals surface area contributed by atoms with Crippen molar-refractivity contribution in [2.24, 2.45) is 0 Å². The maximum absolute atomic E-state index is 5.49. The van der Waals surface area contributed by atoms with E-state index in [2.05, 4.69) is 37.2 Å². The third kappa shape index (κ3) is 5.05. The minimum absolute atomic E-state index is 0.133. The van der Waals surface area contributed by atoms with Crippen molar-refractivity contribution in [3.63, 3.8) is 0 Å². The van der Waals surface area contributed by atoms with Crippen molar-refractivity contribution < 1.29 is 4.74 Å². The van der Waals surface area contributed by atoms with Crippen molar-refractivity contribution in [3.05, 3.63) is 11.9 Å². The van der Waals surface area contributed by atoms with Crippen LogP contribution in [0.25, 0.3) is 0 Å².